The molecule has 0 aromatic carbocycles. The van der Waals surface area contributed by atoms with E-state index in [4.69, 9.17) is 5.73 Å². The molecule has 0 amide bonds. The zero-order valence-corrected chi connectivity index (χ0v) is 9.99. The molecule has 0 radical (unpaired) electrons. The van der Waals surface area contributed by atoms with E-state index >= 15 is 0 Å². The van der Waals surface area contributed by atoms with Gasteiger partial charge in [0.05, 0.1) is 6.04 Å². The predicted octanol–water partition coefficient (Wildman–Crippen LogP) is -0.0998. The summed E-state index contributed by atoms with van der Waals surface area (Å²) in [6, 6.07) is 3.49. The SMILES string of the molecule is NC(=NC1CCN(O)CC1)Nc1ccc[n+]([O-])c1. The van der Waals surface area contributed by atoms with Crippen molar-refractivity contribution in [2.45, 2.75) is 18.9 Å². The molecular formula is C11H17N5O2. The molecule has 1 saturated heterocycles. The van der Waals surface area contributed by atoms with Crippen molar-refractivity contribution in [3.05, 3.63) is 29.7 Å². The van der Waals surface area contributed by atoms with Crippen LogP contribution in [-0.4, -0.2) is 35.4 Å². The van der Waals surface area contributed by atoms with Gasteiger partial charge in [-0.3, -0.25) is 0 Å². The van der Waals surface area contributed by atoms with Gasteiger partial charge in [0.15, 0.2) is 12.2 Å². The first-order valence-electron chi connectivity index (χ1n) is 5.86. The van der Waals surface area contributed by atoms with Gasteiger partial charge in [-0.05, 0) is 18.9 Å². The molecule has 1 aliphatic rings. The van der Waals surface area contributed by atoms with Crippen LogP contribution in [0.15, 0.2) is 29.5 Å². The lowest BCUT2D eigenvalue weighted by atomic mass is 10.1. The second kappa shape index (κ2) is 5.65. The van der Waals surface area contributed by atoms with Crippen LogP contribution < -0.4 is 15.8 Å². The van der Waals surface area contributed by atoms with Crippen LogP contribution in [0.25, 0.3) is 0 Å². The number of rotatable bonds is 2. The van der Waals surface area contributed by atoms with Crippen molar-refractivity contribution < 1.29 is 9.94 Å². The lowest BCUT2D eigenvalue weighted by molar-refractivity contribution is -0.604. The normalized spacial score (nSPS) is 18.8. The van der Waals surface area contributed by atoms with Crippen molar-refractivity contribution in [2.24, 2.45) is 10.7 Å². The number of piperidine rings is 1. The first-order chi connectivity index (χ1) is 8.63. The smallest absolute Gasteiger partial charge is 0.203 e. The van der Waals surface area contributed by atoms with Gasteiger partial charge in [-0.2, -0.15) is 9.79 Å². The van der Waals surface area contributed by atoms with E-state index < -0.39 is 0 Å². The molecule has 0 bridgehead atoms. The molecule has 7 nitrogen and oxygen atoms in total. The molecule has 1 aromatic rings. The van der Waals surface area contributed by atoms with Crippen molar-refractivity contribution in [3.8, 4) is 0 Å². The number of aliphatic imine (C=N–C) groups is 1. The molecule has 2 rings (SSSR count). The van der Waals surface area contributed by atoms with Gasteiger partial charge in [-0.25, -0.2) is 4.99 Å². The Labute approximate surface area is 105 Å². The van der Waals surface area contributed by atoms with Gasteiger partial charge in [0.1, 0.15) is 5.69 Å². The summed E-state index contributed by atoms with van der Waals surface area (Å²) in [7, 11) is 0. The Bertz CT molecular complexity index is 429. The maximum atomic E-state index is 11.1. The number of nitrogens with zero attached hydrogens (tertiary/aromatic N) is 3. The Morgan fingerprint density at radius 1 is 1.56 bits per heavy atom. The van der Waals surface area contributed by atoms with Gasteiger partial charge in [0.25, 0.3) is 0 Å². The quantitative estimate of drug-likeness (QED) is 0.295. The fraction of sp³-hybridized carbons (Fsp3) is 0.455. The molecule has 98 valence electrons. The van der Waals surface area contributed by atoms with E-state index in [2.05, 4.69) is 10.3 Å². The van der Waals surface area contributed by atoms with Gasteiger partial charge in [-0.1, -0.05) is 0 Å². The van der Waals surface area contributed by atoms with Crippen LogP contribution in [-0.2, 0) is 0 Å². The summed E-state index contributed by atoms with van der Waals surface area (Å²) in [6.45, 7) is 1.21. The molecule has 0 atom stereocenters. The molecule has 0 spiro atoms. The van der Waals surface area contributed by atoms with E-state index in [1.807, 2.05) is 0 Å². The summed E-state index contributed by atoms with van der Waals surface area (Å²) in [5, 5.41) is 24.4. The molecule has 18 heavy (non-hydrogen) atoms. The lowest BCUT2D eigenvalue weighted by Gasteiger charge is -2.25. The van der Waals surface area contributed by atoms with Crippen molar-refractivity contribution in [1.82, 2.24) is 5.06 Å². The van der Waals surface area contributed by atoms with Crippen LogP contribution in [0.5, 0.6) is 0 Å². The first-order valence-corrected chi connectivity index (χ1v) is 5.86. The van der Waals surface area contributed by atoms with E-state index in [1.54, 1.807) is 12.1 Å². The van der Waals surface area contributed by atoms with E-state index in [1.165, 1.54) is 17.5 Å². The van der Waals surface area contributed by atoms with Crippen molar-refractivity contribution in [3.63, 3.8) is 0 Å². The highest BCUT2D eigenvalue weighted by Gasteiger charge is 2.17. The molecule has 0 aliphatic carbocycles. The van der Waals surface area contributed by atoms with E-state index in [9.17, 15) is 10.4 Å². The van der Waals surface area contributed by atoms with E-state index in [0.29, 0.717) is 23.5 Å². The Hall–Kier alpha value is -1.86. The molecule has 4 N–H and O–H groups in total. The maximum Gasteiger partial charge on any atom is 0.203 e. The zero-order valence-electron chi connectivity index (χ0n) is 9.99. The molecule has 1 aliphatic heterocycles. The monoisotopic (exact) mass is 251 g/mol. The molecule has 1 aromatic heterocycles. The minimum atomic E-state index is 0.115. The van der Waals surface area contributed by atoms with Crippen LogP contribution >= 0.6 is 0 Å². The third-order valence-electron chi connectivity index (χ3n) is 2.81. The molecular weight excluding hydrogens is 234 g/mol. The van der Waals surface area contributed by atoms with E-state index in [-0.39, 0.29) is 12.0 Å². The standard InChI is InChI=1S/C11H17N5O2/c12-11(13-9-3-6-15(17)7-4-9)14-10-2-1-5-16(18)8-10/h1-2,5,8-9,17H,3-4,6-7H2,(H3,12,13,14). The van der Waals surface area contributed by atoms with Gasteiger partial charge in [-0.15, -0.1) is 0 Å². The van der Waals surface area contributed by atoms with Crippen LogP contribution in [0, 0.1) is 5.21 Å². The highest BCUT2D eigenvalue weighted by Crippen LogP contribution is 2.12. The van der Waals surface area contributed by atoms with Gasteiger partial charge >= 0.3 is 0 Å². The second-order valence-electron chi connectivity index (χ2n) is 4.28. The number of nitrogens with one attached hydrogen (secondary N) is 1. The largest absolute Gasteiger partial charge is 0.619 e. The topological polar surface area (TPSA) is 101 Å². The highest BCUT2D eigenvalue weighted by atomic mass is 16.5. The van der Waals surface area contributed by atoms with Crippen molar-refractivity contribution >= 4 is 11.6 Å². The number of guanidine groups is 1. The van der Waals surface area contributed by atoms with Gasteiger partial charge in [0.2, 0.25) is 6.20 Å². The summed E-state index contributed by atoms with van der Waals surface area (Å²) < 4.78 is 0.694. The van der Waals surface area contributed by atoms with Crippen molar-refractivity contribution in [1.29, 1.82) is 0 Å². The average molecular weight is 251 g/mol. The predicted molar refractivity (Wildman–Crippen MR) is 67.0 cm³/mol. The summed E-state index contributed by atoms with van der Waals surface area (Å²) in [6.07, 6.45) is 4.33. The number of hydrogen-bond donors (Lipinski definition) is 3. The van der Waals surface area contributed by atoms with Crippen LogP contribution in [0.1, 0.15) is 12.8 Å². The fourth-order valence-corrected chi connectivity index (χ4v) is 1.89. The Morgan fingerprint density at radius 2 is 2.28 bits per heavy atom. The van der Waals surface area contributed by atoms with Crippen molar-refractivity contribution in [2.75, 3.05) is 18.4 Å². The van der Waals surface area contributed by atoms with Gasteiger partial charge in [0, 0.05) is 19.2 Å². The number of aromatic nitrogens is 1. The summed E-state index contributed by atoms with van der Waals surface area (Å²) in [5.74, 6) is 0.289. The number of anilines is 1. The summed E-state index contributed by atoms with van der Waals surface area (Å²) in [5.41, 5.74) is 6.38. The van der Waals surface area contributed by atoms with Gasteiger partial charge < -0.3 is 21.5 Å². The third kappa shape index (κ3) is 3.57. The molecule has 0 unspecified atom stereocenters. The third-order valence-corrected chi connectivity index (χ3v) is 2.81. The molecule has 7 heteroatoms. The number of nitrogens with two attached hydrogens (primary N) is 1. The Balaban J connectivity index is 1.93. The van der Waals surface area contributed by atoms with Crippen LogP contribution in [0.3, 0.4) is 0 Å². The lowest BCUT2D eigenvalue weighted by Crippen LogP contribution is -2.35. The summed E-state index contributed by atoms with van der Waals surface area (Å²) >= 11 is 0. The molecule has 0 saturated carbocycles. The average Bonchev–Trinajstić information content (AvgIpc) is 2.32. The first kappa shape index (κ1) is 12.6. The van der Waals surface area contributed by atoms with E-state index in [0.717, 1.165) is 12.8 Å². The fourth-order valence-electron chi connectivity index (χ4n) is 1.89. The minimum Gasteiger partial charge on any atom is -0.619 e. The second-order valence-corrected chi connectivity index (χ2v) is 4.28. The Kier molecular flexibility index (Phi) is 3.96. The number of hydrogen-bond acceptors (Lipinski definition) is 4. The van der Waals surface area contributed by atoms with Crippen LogP contribution in [0.4, 0.5) is 5.69 Å². The minimum absolute atomic E-state index is 0.115. The summed E-state index contributed by atoms with van der Waals surface area (Å²) in [4.78, 5) is 4.33. The number of hydroxylamine groups is 2. The highest BCUT2D eigenvalue weighted by molar-refractivity contribution is 5.92. The molecule has 1 fully saturated rings. The Morgan fingerprint density at radius 3 is 2.94 bits per heavy atom. The number of pyridine rings is 1. The molecule has 2 heterocycles. The van der Waals surface area contributed by atoms with Crippen LogP contribution in [0.2, 0.25) is 0 Å². The maximum absolute atomic E-state index is 11.1. The zero-order chi connectivity index (χ0) is 13.0.